The monoisotopic (exact) mass is 383 g/mol. The smallest absolute Gasteiger partial charge is 0.244 e. The van der Waals surface area contributed by atoms with Crippen LogP contribution >= 0.6 is 11.3 Å². The molecule has 1 aromatic carbocycles. The molecule has 2 aromatic heterocycles. The zero-order chi connectivity index (χ0) is 19.4. The van der Waals surface area contributed by atoms with E-state index < -0.39 is 0 Å². The van der Waals surface area contributed by atoms with Gasteiger partial charge in [0.1, 0.15) is 6.54 Å². The van der Waals surface area contributed by atoms with Gasteiger partial charge in [-0.2, -0.15) is 4.80 Å². The first-order chi connectivity index (χ1) is 12.9. The Labute approximate surface area is 163 Å². The number of hydrogen-bond donors (Lipinski definition) is 1. The molecule has 0 saturated carbocycles. The Morgan fingerprint density at radius 1 is 1.15 bits per heavy atom. The van der Waals surface area contributed by atoms with Crippen molar-refractivity contribution in [2.24, 2.45) is 5.92 Å². The molecule has 1 atom stereocenters. The van der Waals surface area contributed by atoms with Crippen LogP contribution in [0, 0.1) is 5.92 Å². The van der Waals surface area contributed by atoms with Crippen LogP contribution in [0.25, 0.3) is 11.4 Å². The Hall–Kier alpha value is -2.54. The second kappa shape index (κ2) is 8.43. The molecule has 0 aliphatic carbocycles. The molecule has 1 amide bonds. The number of aromatic nitrogens is 4. The minimum Gasteiger partial charge on any atom is -0.347 e. The van der Waals surface area contributed by atoms with Crippen LogP contribution in [0.5, 0.6) is 0 Å². The number of nitrogens with one attached hydrogen (secondary N) is 1. The standard InChI is InChI=1S/C20H25N5OS/c1-13(2)15-7-9-16(10-8-15)20-22-24-25(23-20)12-18(26)21-19(14(3)4)17-6-5-11-27-17/h5-11,13-14,19H,12H2,1-4H3,(H,21,26)/t19-/m1/s1. The number of benzene rings is 1. The largest absolute Gasteiger partial charge is 0.347 e. The molecule has 0 radical (unpaired) electrons. The average Bonchev–Trinajstić information content (AvgIpc) is 3.31. The van der Waals surface area contributed by atoms with Crippen molar-refractivity contribution in [1.29, 1.82) is 0 Å². The fraction of sp³-hybridized carbons (Fsp3) is 0.400. The highest BCUT2D eigenvalue weighted by molar-refractivity contribution is 7.10. The molecule has 3 aromatic rings. The maximum absolute atomic E-state index is 12.5. The van der Waals surface area contributed by atoms with Crippen LogP contribution in [-0.2, 0) is 11.3 Å². The highest BCUT2D eigenvalue weighted by Gasteiger charge is 2.20. The van der Waals surface area contributed by atoms with Crippen LogP contribution in [0.4, 0.5) is 0 Å². The Kier molecular flexibility index (Phi) is 6.01. The van der Waals surface area contributed by atoms with Crippen molar-refractivity contribution in [2.75, 3.05) is 0 Å². The SMILES string of the molecule is CC(C)c1ccc(-c2nnn(CC(=O)N[C@@H](c3cccs3)C(C)C)n2)cc1. The molecule has 2 heterocycles. The molecule has 142 valence electrons. The lowest BCUT2D eigenvalue weighted by Crippen LogP contribution is -2.34. The lowest BCUT2D eigenvalue weighted by Gasteiger charge is -2.21. The fourth-order valence-electron chi connectivity index (χ4n) is 2.82. The van der Waals surface area contributed by atoms with Crippen molar-refractivity contribution in [3.05, 3.63) is 52.2 Å². The summed E-state index contributed by atoms with van der Waals surface area (Å²) in [5.41, 5.74) is 2.16. The predicted octanol–water partition coefficient (Wildman–Crippen LogP) is 4.04. The molecule has 3 rings (SSSR count). The third kappa shape index (κ3) is 4.80. The molecule has 27 heavy (non-hydrogen) atoms. The Balaban J connectivity index is 1.65. The second-order valence-electron chi connectivity index (χ2n) is 7.22. The molecule has 0 unspecified atom stereocenters. The van der Waals surface area contributed by atoms with Gasteiger partial charge in [-0.05, 0) is 34.1 Å². The normalized spacial score (nSPS) is 12.5. The summed E-state index contributed by atoms with van der Waals surface area (Å²) >= 11 is 1.65. The number of hydrogen-bond acceptors (Lipinski definition) is 5. The average molecular weight is 384 g/mol. The van der Waals surface area contributed by atoms with E-state index in [1.165, 1.54) is 10.4 Å². The van der Waals surface area contributed by atoms with Crippen molar-refractivity contribution >= 4 is 17.2 Å². The Morgan fingerprint density at radius 3 is 2.48 bits per heavy atom. The summed E-state index contributed by atoms with van der Waals surface area (Å²) in [6.07, 6.45) is 0. The summed E-state index contributed by atoms with van der Waals surface area (Å²) in [6.45, 7) is 8.55. The van der Waals surface area contributed by atoms with E-state index in [9.17, 15) is 4.79 Å². The minimum absolute atomic E-state index is 0.0101. The van der Waals surface area contributed by atoms with E-state index in [-0.39, 0.29) is 18.5 Å². The van der Waals surface area contributed by atoms with Crippen LogP contribution in [-0.4, -0.2) is 26.1 Å². The van der Waals surface area contributed by atoms with Crippen LogP contribution in [0.2, 0.25) is 0 Å². The van der Waals surface area contributed by atoms with Crippen LogP contribution in [0.15, 0.2) is 41.8 Å². The Morgan fingerprint density at radius 2 is 1.89 bits per heavy atom. The van der Waals surface area contributed by atoms with E-state index in [0.717, 1.165) is 10.4 Å². The molecule has 6 nitrogen and oxygen atoms in total. The summed E-state index contributed by atoms with van der Waals surface area (Å²) in [7, 11) is 0. The zero-order valence-electron chi connectivity index (χ0n) is 16.1. The molecular weight excluding hydrogens is 358 g/mol. The van der Waals surface area contributed by atoms with E-state index in [2.05, 4.69) is 60.6 Å². The van der Waals surface area contributed by atoms with Crippen molar-refractivity contribution in [3.63, 3.8) is 0 Å². The van der Waals surface area contributed by atoms with Crippen LogP contribution in [0.1, 0.15) is 50.1 Å². The lowest BCUT2D eigenvalue weighted by atomic mass is 10.0. The first-order valence-electron chi connectivity index (χ1n) is 9.15. The summed E-state index contributed by atoms with van der Waals surface area (Å²) in [5.74, 6) is 1.17. The molecule has 0 fully saturated rings. The number of carbonyl (C=O) groups excluding carboxylic acids is 1. The number of amides is 1. The van der Waals surface area contributed by atoms with Crippen LogP contribution in [0.3, 0.4) is 0 Å². The van der Waals surface area contributed by atoms with Crippen molar-refractivity contribution in [2.45, 2.75) is 46.2 Å². The van der Waals surface area contributed by atoms with Gasteiger partial charge in [-0.3, -0.25) is 4.79 Å². The van der Waals surface area contributed by atoms with Crippen LogP contribution < -0.4 is 5.32 Å². The molecule has 0 spiro atoms. The summed E-state index contributed by atoms with van der Waals surface area (Å²) < 4.78 is 0. The number of rotatable bonds is 7. The van der Waals surface area contributed by atoms with Gasteiger partial charge in [0.2, 0.25) is 11.7 Å². The van der Waals surface area contributed by atoms with Gasteiger partial charge in [-0.15, -0.1) is 21.5 Å². The van der Waals surface area contributed by atoms with E-state index in [0.29, 0.717) is 17.7 Å². The van der Waals surface area contributed by atoms with Crippen molar-refractivity contribution in [1.82, 2.24) is 25.5 Å². The van der Waals surface area contributed by atoms with Gasteiger partial charge < -0.3 is 5.32 Å². The first-order valence-corrected chi connectivity index (χ1v) is 10.0. The van der Waals surface area contributed by atoms with Crippen molar-refractivity contribution < 1.29 is 4.79 Å². The lowest BCUT2D eigenvalue weighted by molar-refractivity contribution is -0.123. The van der Waals surface area contributed by atoms with E-state index in [4.69, 9.17) is 0 Å². The number of thiophene rings is 1. The summed E-state index contributed by atoms with van der Waals surface area (Å²) in [5, 5.41) is 17.6. The highest BCUT2D eigenvalue weighted by Crippen LogP contribution is 2.25. The zero-order valence-corrected chi connectivity index (χ0v) is 16.9. The van der Waals surface area contributed by atoms with Gasteiger partial charge in [0.15, 0.2) is 0 Å². The van der Waals surface area contributed by atoms with E-state index >= 15 is 0 Å². The van der Waals surface area contributed by atoms with Gasteiger partial charge in [0, 0.05) is 10.4 Å². The minimum atomic E-state index is -0.124. The Bertz CT molecular complexity index is 868. The summed E-state index contributed by atoms with van der Waals surface area (Å²) in [4.78, 5) is 14.9. The number of nitrogens with zero attached hydrogens (tertiary/aromatic N) is 4. The molecule has 0 saturated heterocycles. The molecule has 0 aliphatic rings. The maximum Gasteiger partial charge on any atom is 0.244 e. The fourth-order valence-corrected chi connectivity index (χ4v) is 3.77. The highest BCUT2D eigenvalue weighted by atomic mass is 32.1. The first kappa shape index (κ1) is 19.2. The van der Waals surface area contributed by atoms with Gasteiger partial charge in [0.25, 0.3) is 0 Å². The van der Waals surface area contributed by atoms with E-state index in [1.54, 1.807) is 11.3 Å². The van der Waals surface area contributed by atoms with Gasteiger partial charge in [-0.25, -0.2) is 0 Å². The third-order valence-electron chi connectivity index (χ3n) is 4.41. The second-order valence-corrected chi connectivity index (χ2v) is 8.20. The van der Waals surface area contributed by atoms with E-state index in [1.807, 2.05) is 29.6 Å². The topological polar surface area (TPSA) is 72.7 Å². The molecule has 7 heteroatoms. The van der Waals surface area contributed by atoms with Gasteiger partial charge in [-0.1, -0.05) is 58.0 Å². The number of tetrazole rings is 1. The summed E-state index contributed by atoms with van der Waals surface area (Å²) in [6, 6.07) is 12.2. The van der Waals surface area contributed by atoms with Gasteiger partial charge in [0.05, 0.1) is 6.04 Å². The molecular formula is C20H25N5OS. The predicted molar refractivity (Wildman–Crippen MR) is 107 cm³/mol. The van der Waals surface area contributed by atoms with Gasteiger partial charge >= 0.3 is 0 Å². The molecule has 0 aliphatic heterocycles. The number of carbonyl (C=O) groups is 1. The molecule has 0 bridgehead atoms. The maximum atomic E-state index is 12.5. The third-order valence-corrected chi connectivity index (χ3v) is 5.36. The quantitative estimate of drug-likeness (QED) is 0.668. The molecule has 1 N–H and O–H groups in total. The van der Waals surface area contributed by atoms with Crippen molar-refractivity contribution in [3.8, 4) is 11.4 Å².